The van der Waals surface area contributed by atoms with Crippen LogP contribution in [0.15, 0.2) is 35.7 Å². The van der Waals surface area contributed by atoms with E-state index in [-0.39, 0.29) is 18.2 Å². The predicted molar refractivity (Wildman–Crippen MR) is 83.2 cm³/mol. The van der Waals surface area contributed by atoms with Gasteiger partial charge in [0.1, 0.15) is 5.75 Å². The third kappa shape index (κ3) is 4.29. The van der Waals surface area contributed by atoms with Crippen LogP contribution < -0.4 is 10.1 Å². The molecule has 1 unspecified atom stereocenters. The number of nitrogens with zero attached hydrogens (tertiary/aromatic N) is 1. The smallest absolute Gasteiger partial charge is 0.357 e. The molecule has 1 amide bonds. The summed E-state index contributed by atoms with van der Waals surface area (Å²) in [7, 11) is 0. The maximum Gasteiger partial charge on any atom is 0.357 e. The van der Waals surface area contributed by atoms with Crippen LogP contribution in [0.1, 0.15) is 24.3 Å². The summed E-state index contributed by atoms with van der Waals surface area (Å²) in [4.78, 5) is 27.6. The van der Waals surface area contributed by atoms with Crippen LogP contribution in [0.3, 0.4) is 0 Å². The number of benzene rings is 1. The highest BCUT2D eigenvalue weighted by Gasteiger charge is 2.18. The second-order valence-electron chi connectivity index (χ2n) is 4.32. The first-order valence-corrected chi connectivity index (χ1v) is 7.63. The van der Waals surface area contributed by atoms with E-state index in [0.717, 1.165) is 11.3 Å². The van der Waals surface area contributed by atoms with Crippen LogP contribution >= 0.6 is 11.3 Å². The van der Waals surface area contributed by atoms with Crippen LogP contribution in [0.2, 0.25) is 0 Å². The Balaban J connectivity index is 1.92. The number of esters is 1. The molecule has 0 saturated carbocycles. The number of carbonyl (C=O) groups is 2. The molecule has 1 N–H and O–H groups in total. The molecule has 0 aliphatic heterocycles. The Hall–Kier alpha value is -2.41. The van der Waals surface area contributed by atoms with E-state index in [1.54, 1.807) is 26.0 Å². The number of ether oxygens (including phenoxy) is 2. The van der Waals surface area contributed by atoms with E-state index >= 15 is 0 Å². The van der Waals surface area contributed by atoms with Crippen LogP contribution in [0, 0.1) is 0 Å². The number of carbonyl (C=O) groups excluding carboxylic acids is 2. The van der Waals surface area contributed by atoms with Gasteiger partial charge in [-0.1, -0.05) is 18.2 Å². The molecule has 0 aliphatic carbocycles. The van der Waals surface area contributed by atoms with E-state index in [4.69, 9.17) is 9.47 Å². The fourth-order valence-electron chi connectivity index (χ4n) is 1.59. The first-order chi connectivity index (χ1) is 10.6. The Morgan fingerprint density at radius 1 is 1.32 bits per heavy atom. The number of aromatic nitrogens is 1. The van der Waals surface area contributed by atoms with E-state index in [2.05, 4.69) is 10.3 Å². The zero-order valence-electron chi connectivity index (χ0n) is 12.2. The van der Waals surface area contributed by atoms with Crippen LogP contribution in [-0.2, 0) is 9.53 Å². The molecule has 22 heavy (non-hydrogen) atoms. The molecule has 0 radical (unpaired) electrons. The minimum Gasteiger partial charge on any atom is -0.481 e. The lowest BCUT2D eigenvalue weighted by atomic mass is 10.3. The normalized spacial score (nSPS) is 11.5. The van der Waals surface area contributed by atoms with Crippen molar-refractivity contribution in [1.82, 2.24) is 4.98 Å². The predicted octanol–water partition coefficient (Wildman–Crippen LogP) is 2.73. The molecule has 1 aromatic carbocycles. The van der Waals surface area contributed by atoms with Crippen molar-refractivity contribution in [2.75, 3.05) is 11.9 Å². The van der Waals surface area contributed by atoms with Crippen LogP contribution in [0.25, 0.3) is 0 Å². The standard InChI is InChI=1S/C15H16N2O4S/c1-3-20-14(19)12-9-22-15(16-12)17-13(18)10(2)21-11-7-5-4-6-8-11/h4-10H,3H2,1-2H3,(H,16,17,18). The van der Waals surface area contributed by atoms with Gasteiger partial charge in [-0.2, -0.15) is 0 Å². The van der Waals surface area contributed by atoms with Gasteiger partial charge in [-0.15, -0.1) is 11.3 Å². The quantitative estimate of drug-likeness (QED) is 0.828. The van der Waals surface area contributed by atoms with Gasteiger partial charge in [0.2, 0.25) is 0 Å². The minimum atomic E-state index is -0.683. The van der Waals surface area contributed by atoms with Crippen LogP contribution in [-0.4, -0.2) is 29.6 Å². The number of rotatable bonds is 6. The van der Waals surface area contributed by atoms with Gasteiger partial charge in [0.15, 0.2) is 16.9 Å². The molecule has 6 nitrogen and oxygen atoms in total. The van der Waals surface area contributed by atoms with Gasteiger partial charge in [0, 0.05) is 5.38 Å². The van der Waals surface area contributed by atoms with Crippen molar-refractivity contribution < 1.29 is 19.1 Å². The van der Waals surface area contributed by atoms with Crippen LogP contribution in [0.5, 0.6) is 5.75 Å². The molecular weight excluding hydrogens is 304 g/mol. The Morgan fingerprint density at radius 3 is 2.73 bits per heavy atom. The second kappa shape index (κ2) is 7.56. The van der Waals surface area contributed by atoms with Gasteiger partial charge >= 0.3 is 5.97 Å². The maximum atomic E-state index is 12.0. The molecule has 0 fully saturated rings. The summed E-state index contributed by atoms with van der Waals surface area (Å²) < 4.78 is 10.4. The topological polar surface area (TPSA) is 77.5 Å². The molecular formula is C15H16N2O4S. The zero-order chi connectivity index (χ0) is 15.9. The molecule has 1 aromatic heterocycles. The summed E-state index contributed by atoms with van der Waals surface area (Å²) in [5.41, 5.74) is 0.179. The number of para-hydroxylation sites is 1. The van der Waals surface area contributed by atoms with Crippen molar-refractivity contribution in [2.45, 2.75) is 20.0 Å². The molecule has 0 bridgehead atoms. The molecule has 0 spiro atoms. The SMILES string of the molecule is CCOC(=O)c1csc(NC(=O)C(C)Oc2ccccc2)n1. The fourth-order valence-corrected chi connectivity index (χ4v) is 2.28. The largest absolute Gasteiger partial charge is 0.481 e. The molecule has 1 heterocycles. The van der Waals surface area contributed by atoms with E-state index in [1.807, 2.05) is 18.2 Å². The summed E-state index contributed by atoms with van der Waals surface area (Å²) in [5.74, 6) is -0.238. The van der Waals surface area contributed by atoms with E-state index < -0.39 is 12.1 Å². The summed E-state index contributed by atoms with van der Waals surface area (Å²) in [6.07, 6.45) is -0.683. The lowest BCUT2D eigenvalue weighted by molar-refractivity contribution is -0.122. The number of nitrogens with one attached hydrogen (secondary N) is 1. The summed E-state index contributed by atoms with van der Waals surface area (Å²) in [6.45, 7) is 3.64. The average molecular weight is 320 g/mol. The average Bonchev–Trinajstić information content (AvgIpc) is 2.97. The highest BCUT2D eigenvalue weighted by atomic mass is 32.1. The number of thiazole rings is 1. The van der Waals surface area contributed by atoms with Gasteiger partial charge in [-0.05, 0) is 26.0 Å². The first kappa shape index (κ1) is 16.0. The summed E-state index contributed by atoms with van der Waals surface area (Å²) in [6, 6.07) is 9.06. The first-order valence-electron chi connectivity index (χ1n) is 6.75. The number of hydrogen-bond donors (Lipinski definition) is 1. The summed E-state index contributed by atoms with van der Waals surface area (Å²) >= 11 is 1.16. The van der Waals surface area contributed by atoms with Crippen LogP contribution in [0.4, 0.5) is 5.13 Å². The van der Waals surface area contributed by atoms with Crippen molar-refractivity contribution in [3.8, 4) is 5.75 Å². The lowest BCUT2D eigenvalue weighted by Gasteiger charge is -2.13. The van der Waals surface area contributed by atoms with Gasteiger partial charge in [0.25, 0.3) is 5.91 Å². The van der Waals surface area contributed by atoms with E-state index in [9.17, 15) is 9.59 Å². The Kier molecular flexibility index (Phi) is 5.48. The molecule has 0 aliphatic rings. The number of hydrogen-bond acceptors (Lipinski definition) is 6. The second-order valence-corrected chi connectivity index (χ2v) is 5.18. The van der Waals surface area contributed by atoms with Gasteiger partial charge in [-0.25, -0.2) is 9.78 Å². The van der Waals surface area contributed by atoms with E-state index in [0.29, 0.717) is 10.9 Å². The molecule has 1 atom stereocenters. The molecule has 7 heteroatoms. The van der Waals surface area contributed by atoms with E-state index in [1.165, 1.54) is 5.38 Å². The highest BCUT2D eigenvalue weighted by Crippen LogP contribution is 2.17. The third-order valence-corrected chi connectivity index (χ3v) is 3.40. The third-order valence-electron chi connectivity index (χ3n) is 2.64. The zero-order valence-corrected chi connectivity index (χ0v) is 13.1. The molecule has 0 saturated heterocycles. The number of amides is 1. The number of anilines is 1. The van der Waals surface area contributed by atoms with Crippen molar-refractivity contribution in [1.29, 1.82) is 0 Å². The fraction of sp³-hybridized carbons (Fsp3) is 0.267. The molecule has 2 rings (SSSR count). The Morgan fingerprint density at radius 2 is 2.05 bits per heavy atom. The van der Waals surface area contributed by atoms with Gasteiger partial charge in [0.05, 0.1) is 6.61 Å². The Labute approximate surface area is 132 Å². The van der Waals surface area contributed by atoms with Crippen molar-refractivity contribution in [2.24, 2.45) is 0 Å². The maximum absolute atomic E-state index is 12.0. The van der Waals surface area contributed by atoms with Crippen molar-refractivity contribution in [3.05, 3.63) is 41.4 Å². The molecule has 116 valence electrons. The monoisotopic (exact) mass is 320 g/mol. The van der Waals surface area contributed by atoms with Gasteiger partial charge in [-0.3, -0.25) is 10.1 Å². The van der Waals surface area contributed by atoms with Crippen molar-refractivity contribution >= 4 is 28.3 Å². The minimum absolute atomic E-state index is 0.179. The highest BCUT2D eigenvalue weighted by molar-refractivity contribution is 7.14. The lowest BCUT2D eigenvalue weighted by Crippen LogP contribution is -2.30. The Bertz CT molecular complexity index is 642. The van der Waals surface area contributed by atoms with Gasteiger partial charge < -0.3 is 9.47 Å². The summed E-state index contributed by atoms with van der Waals surface area (Å²) in [5, 5.41) is 4.48. The molecule has 2 aromatic rings. The van der Waals surface area contributed by atoms with Crippen molar-refractivity contribution in [3.63, 3.8) is 0 Å².